The predicted octanol–water partition coefficient (Wildman–Crippen LogP) is 3.21. The fourth-order valence-electron chi connectivity index (χ4n) is 2.26. The molecule has 0 saturated heterocycles. The highest BCUT2D eigenvalue weighted by molar-refractivity contribution is 6.62. The van der Waals surface area contributed by atoms with Crippen molar-refractivity contribution in [3.05, 3.63) is 35.4 Å². The first-order valence-electron chi connectivity index (χ1n) is 8.00. The molecular formula is C17H26O6Si. The van der Waals surface area contributed by atoms with Crippen LogP contribution in [0.4, 0.5) is 0 Å². The van der Waals surface area contributed by atoms with E-state index in [0.717, 1.165) is 5.56 Å². The summed E-state index contributed by atoms with van der Waals surface area (Å²) in [5.74, 6) is -0.299. The Bertz CT molecular complexity index is 523. The highest BCUT2D eigenvalue weighted by Gasteiger charge is 2.42. The van der Waals surface area contributed by atoms with Crippen LogP contribution in [0.25, 0.3) is 6.08 Å². The normalized spacial score (nSPS) is 12.2. The van der Waals surface area contributed by atoms with E-state index in [4.69, 9.17) is 18.0 Å². The lowest BCUT2D eigenvalue weighted by atomic mass is 10.1. The molecule has 0 atom stereocenters. The van der Waals surface area contributed by atoms with Crippen LogP contribution < -0.4 is 4.74 Å². The monoisotopic (exact) mass is 354 g/mol. The van der Waals surface area contributed by atoms with Crippen molar-refractivity contribution >= 4 is 20.8 Å². The molecule has 6 nitrogen and oxygen atoms in total. The zero-order valence-corrected chi connectivity index (χ0v) is 15.7. The number of methoxy groups -OCH3 is 1. The number of aliphatic carboxylic acids is 1. The Kier molecular flexibility index (Phi) is 8.70. The van der Waals surface area contributed by atoms with Gasteiger partial charge in [-0.2, -0.15) is 0 Å². The average molecular weight is 354 g/mol. The Morgan fingerprint density at radius 1 is 1.04 bits per heavy atom. The lowest BCUT2D eigenvalue weighted by Gasteiger charge is -2.28. The van der Waals surface area contributed by atoms with Crippen molar-refractivity contribution in [1.29, 1.82) is 0 Å². The van der Waals surface area contributed by atoms with E-state index in [1.165, 1.54) is 0 Å². The van der Waals surface area contributed by atoms with Gasteiger partial charge in [0, 0.05) is 25.4 Å². The Hall–Kier alpha value is -1.67. The minimum atomic E-state index is -3.07. The summed E-state index contributed by atoms with van der Waals surface area (Å²) in [6.45, 7) is 6.74. The van der Waals surface area contributed by atoms with Crippen LogP contribution in [0.1, 0.15) is 26.3 Å². The first-order chi connectivity index (χ1) is 11.5. The van der Waals surface area contributed by atoms with Crippen LogP contribution in [-0.2, 0) is 18.1 Å². The molecule has 0 fully saturated rings. The van der Waals surface area contributed by atoms with Gasteiger partial charge < -0.3 is 23.1 Å². The van der Waals surface area contributed by atoms with Crippen LogP contribution in [0.15, 0.2) is 29.8 Å². The zero-order valence-electron chi connectivity index (χ0n) is 14.7. The second-order valence-corrected chi connectivity index (χ2v) is 7.49. The molecule has 1 aromatic rings. The summed E-state index contributed by atoms with van der Waals surface area (Å²) >= 11 is 0. The maximum Gasteiger partial charge on any atom is 0.505 e. The molecule has 0 heterocycles. The van der Waals surface area contributed by atoms with Gasteiger partial charge in [-0.05, 0) is 44.5 Å². The van der Waals surface area contributed by atoms with E-state index in [-0.39, 0.29) is 11.6 Å². The van der Waals surface area contributed by atoms with Crippen LogP contribution in [0.5, 0.6) is 5.75 Å². The number of benzene rings is 1. The van der Waals surface area contributed by atoms with Crippen molar-refractivity contribution in [2.75, 3.05) is 26.9 Å². The van der Waals surface area contributed by atoms with E-state index in [9.17, 15) is 9.90 Å². The molecule has 0 aliphatic rings. The van der Waals surface area contributed by atoms with Crippen LogP contribution in [-0.4, -0.2) is 46.8 Å². The van der Waals surface area contributed by atoms with Crippen LogP contribution in [0.3, 0.4) is 0 Å². The zero-order chi connectivity index (χ0) is 18.0. The first-order valence-corrected chi connectivity index (χ1v) is 9.93. The van der Waals surface area contributed by atoms with Crippen molar-refractivity contribution in [1.82, 2.24) is 0 Å². The fraction of sp³-hybridized carbons (Fsp3) is 0.471. The quantitative estimate of drug-likeness (QED) is 0.486. The molecule has 0 saturated carbocycles. The maximum atomic E-state index is 11.7. The minimum absolute atomic E-state index is 0.115. The van der Waals surface area contributed by atoms with Crippen molar-refractivity contribution < 1.29 is 27.9 Å². The molecule has 0 amide bonds. The van der Waals surface area contributed by atoms with Crippen molar-refractivity contribution in [3.63, 3.8) is 0 Å². The van der Waals surface area contributed by atoms with Crippen molar-refractivity contribution in [2.24, 2.45) is 0 Å². The standard InChI is InChI=1S/C17H26O6Si/c1-5-21-24(22-6-2,23-7-3)13-15(17(18)19)12-14-8-10-16(20-4)11-9-14/h8-12H,5-7,13H2,1-4H3,(H,18,19). The van der Waals surface area contributed by atoms with E-state index in [1.54, 1.807) is 37.5 Å². The molecule has 1 N–H and O–H groups in total. The lowest BCUT2D eigenvalue weighted by molar-refractivity contribution is -0.132. The molecule has 24 heavy (non-hydrogen) atoms. The van der Waals surface area contributed by atoms with Crippen molar-refractivity contribution in [2.45, 2.75) is 26.8 Å². The van der Waals surface area contributed by atoms with Gasteiger partial charge in [-0.15, -0.1) is 0 Å². The summed E-state index contributed by atoms with van der Waals surface area (Å²) in [7, 11) is -1.48. The molecule has 0 spiro atoms. The summed E-state index contributed by atoms with van der Waals surface area (Å²) in [6.07, 6.45) is 1.61. The van der Waals surface area contributed by atoms with Gasteiger partial charge in [-0.25, -0.2) is 4.79 Å². The van der Waals surface area contributed by atoms with E-state index in [0.29, 0.717) is 25.6 Å². The van der Waals surface area contributed by atoms with Gasteiger partial charge in [0.25, 0.3) is 0 Å². The summed E-state index contributed by atoms with van der Waals surface area (Å²) in [5.41, 5.74) is 0.961. The van der Waals surface area contributed by atoms with Crippen LogP contribution >= 0.6 is 0 Å². The third-order valence-electron chi connectivity index (χ3n) is 3.23. The van der Waals surface area contributed by atoms with Gasteiger partial charge in [-0.3, -0.25) is 0 Å². The SMILES string of the molecule is CCO[Si](CC(=Cc1ccc(OC)cc1)C(=O)O)(OCC)OCC. The molecule has 0 aliphatic heterocycles. The number of carboxylic acid groups (broad SMARTS) is 1. The van der Waals surface area contributed by atoms with E-state index >= 15 is 0 Å². The Morgan fingerprint density at radius 3 is 1.92 bits per heavy atom. The number of hydrogen-bond acceptors (Lipinski definition) is 5. The average Bonchev–Trinajstić information content (AvgIpc) is 2.55. The molecule has 0 bridgehead atoms. The first kappa shape index (κ1) is 20.4. The largest absolute Gasteiger partial charge is 0.505 e. The molecule has 0 unspecified atom stereocenters. The maximum absolute atomic E-state index is 11.7. The number of carboxylic acids is 1. The van der Waals surface area contributed by atoms with Gasteiger partial charge in [0.2, 0.25) is 0 Å². The Morgan fingerprint density at radius 2 is 1.54 bits per heavy atom. The summed E-state index contributed by atoms with van der Waals surface area (Å²) < 4.78 is 22.3. The van der Waals surface area contributed by atoms with E-state index < -0.39 is 14.8 Å². The molecule has 0 radical (unpaired) electrons. The van der Waals surface area contributed by atoms with E-state index in [1.807, 2.05) is 20.8 Å². The van der Waals surface area contributed by atoms with Gasteiger partial charge in [0.15, 0.2) is 0 Å². The third-order valence-corrected chi connectivity index (χ3v) is 6.23. The molecular weight excluding hydrogens is 328 g/mol. The lowest BCUT2D eigenvalue weighted by Crippen LogP contribution is -2.46. The highest BCUT2D eigenvalue weighted by Crippen LogP contribution is 2.24. The number of ether oxygens (including phenoxy) is 1. The minimum Gasteiger partial charge on any atom is -0.497 e. The fourth-order valence-corrected chi connectivity index (χ4v) is 4.86. The van der Waals surface area contributed by atoms with Crippen molar-refractivity contribution in [3.8, 4) is 5.75 Å². The predicted molar refractivity (Wildman–Crippen MR) is 94.0 cm³/mol. The molecule has 7 heteroatoms. The summed E-state index contributed by atoms with van der Waals surface area (Å²) in [6, 6.07) is 7.27. The summed E-state index contributed by atoms with van der Waals surface area (Å²) in [5, 5.41) is 9.57. The number of rotatable bonds is 11. The van der Waals surface area contributed by atoms with Gasteiger partial charge in [0.05, 0.1) is 13.2 Å². The van der Waals surface area contributed by atoms with Gasteiger partial charge in [-0.1, -0.05) is 12.1 Å². The van der Waals surface area contributed by atoms with Crippen LogP contribution in [0, 0.1) is 0 Å². The second-order valence-electron chi connectivity index (χ2n) is 4.91. The third kappa shape index (κ3) is 6.08. The molecule has 0 aromatic heterocycles. The Labute approximate surface area is 144 Å². The smallest absolute Gasteiger partial charge is 0.497 e. The highest BCUT2D eigenvalue weighted by atomic mass is 28.4. The molecule has 0 aliphatic carbocycles. The van der Waals surface area contributed by atoms with Crippen LogP contribution in [0.2, 0.25) is 6.04 Å². The summed E-state index contributed by atoms with van der Waals surface area (Å²) in [4.78, 5) is 11.7. The number of carbonyl (C=O) groups is 1. The number of hydrogen-bond donors (Lipinski definition) is 1. The Balaban J connectivity index is 3.11. The molecule has 1 aromatic carbocycles. The van der Waals surface area contributed by atoms with Gasteiger partial charge in [0.1, 0.15) is 5.75 Å². The molecule has 134 valence electrons. The second kappa shape index (κ2) is 10.2. The van der Waals surface area contributed by atoms with Gasteiger partial charge >= 0.3 is 14.8 Å². The topological polar surface area (TPSA) is 74.2 Å². The van der Waals surface area contributed by atoms with E-state index in [2.05, 4.69) is 0 Å². The molecule has 1 rings (SSSR count).